The summed E-state index contributed by atoms with van der Waals surface area (Å²) in [5.74, 6) is 0.967. The lowest BCUT2D eigenvalue weighted by Gasteiger charge is -2.32. The lowest BCUT2D eigenvalue weighted by atomic mass is 10.1. The maximum Gasteiger partial charge on any atom is 0.254 e. The van der Waals surface area contributed by atoms with E-state index in [1.54, 1.807) is 19.2 Å². The van der Waals surface area contributed by atoms with Crippen LogP contribution in [0.5, 0.6) is 5.75 Å². The molecule has 1 heterocycles. The van der Waals surface area contributed by atoms with Gasteiger partial charge in [-0.15, -0.1) is 0 Å². The predicted molar refractivity (Wildman–Crippen MR) is 102 cm³/mol. The van der Waals surface area contributed by atoms with Crippen LogP contribution in [0.3, 0.4) is 0 Å². The van der Waals surface area contributed by atoms with E-state index in [9.17, 15) is 4.79 Å². The molecular formula is C19H21BrClN2O2+. The first-order valence-corrected chi connectivity index (χ1v) is 9.45. The highest BCUT2D eigenvalue weighted by Crippen LogP contribution is 2.22. The predicted octanol–water partition coefficient (Wildman–Crippen LogP) is 2.65. The van der Waals surface area contributed by atoms with Gasteiger partial charge >= 0.3 is 0 Å². The molecule has 0 aliphatic carbocycles. The molecule has 1 aliphatic rings. The number of hydrogen-bond acceptors (Lipinski definition) is 2. The van der Waals surface area contributed by atoms with Gasteiger partial charge in [0.15, 0.2) is 0 Å². The maximum absolute atomic E-state index is 12.6. The molecule has 1 N–H and O–H groups in total. The minimum absolute atomic E-state index is 0.0570. The van der Waals surface area contributed by atoms with E-state index in [0.717, 1.165) is 42.9 Å². The summed E-state index contributed by atoms with van der Waals surface area (Å²) >= 11 is 9.51. The van der Waals surface area contributed by atoms with E-state index >= 15 is 0 Å². The largest absolute Gasteiger partial charge is 0.496 e. The van der Waals surface area contributed by atoms with Gasteiger partial charge in [-0.3, -0.25) is 4.79 Å². The number of nitrogens with zero attached hydrogens (tertiary/aromatic N) is 1. The number of rotatable bonds is 4. The first-order chi connectivity index (χ1) is 12.1. The number of nitrogens with one attached hydrogen (secondary N) is 1. The maximum atomic E-state index is 12.6. The zero-order valence-corrected chi connectivity index (χ0v) is 16.4. The van der Waals surface area contributed by atoms with Gasteiger partial charge in [0.1, 0.15) is 12.3 Å². The highest BCUT2D eigenvalue weighted by atomic mass is 79.9. The van der Waals surface area contributed by atoms with Crippen LogP contribution in [0.2, 0.25) is 5.02 Å². The molecule has 2 aromatic carbocycles. The summed E-state index contributed by atoms with van der Waals surface area (Å²) in [4.78, 5) is 16.0. The second-order valence-electron chi connectivity index (χ2n) is 6.19. The Morgan fingerprint density at radius 2 is 2.00 bits per heavy atom. The number of carbonyl (C=O) groups is 1. The molecule has 4 nitrogen and oxygen atoms in total. The van der Waals surface area contributed by atoms with Gasteiger partial charge in [0.25, 0.3) is 5.91 Å². The fourth-order valence-corrected chi connectivity index (χ4v) is 3.76. The van der Waals surface area contributed by atoms with Gasteiger partial charge < -0.3 is 14.5 Å². The number of methoxy groups -OCH3 is 1. The van der Waals surface area contributed by atoms with Crippen molar-refractivity contribution in [2.45, 2.75) is 6.54 Å². The first kappa shape index (κ1) is 18.2. The number of quaternary nitrogens is 1. The summed E-state index contributed by atoms with van der Waals surface area (Å²) in [6.07, 6.45) is 0. The summed E-state index contributed by atoms with van der Waals surface area (Å²) in [6.45, 7) is 4.22. The quantitative estimate of drug-likeness (QED) is 0.819. The average molecular weight is 425 g/mol. The lowest BCUT2D eigenvalue weighted by molar-refractivity contribution is -0.917. The standard InChI is InChI=1S/C19H20BrClN2O2/c1-25-18-6-5-16(20)11-15(18)13-22-7-9-23(10-8-22)19(24)14-3-2-4-17(21)12-14/h2-6,11-12H,7-10,13H2,1H3/p+1. The molecule has 0 aromatic heterocycles. The van der Waals surface area contributed by atoms with E-state index in [1.807, 2.05) is 29.2 Å². The third kappa shape index (κ3) is 4.54. The van der Waals surface area contributed by atoms with E-state index in [4.69, 9.17) is 16.3 Å². The van der Waals surface area contributed by atoms with Crippen molar-refractivity contribution in [3.63, 3.8) is 0 Å². The van der Waals surface area contributed by atoms with Crippen molar-refractivity contribution >= 4 is 33.4 Å². The van der Waals surface area contributed by atoms with Gasteiger partial charge in [-0.25, -0.2) is 0 Å². The van der Waals surface area contributed by atoms with Crippen molar-refractivity contribution in [3.8, 4) is 5.75 Å². The summed E-state index contributed by atoms with van der Waals surface area (Å²) in [7, 11) is 1.70. The minimum atomic E-state index is 0.0570. The lowest BCUT2D eigenvalue weighted by Crippen LogP contribution is -3.13. The van der Waals surface area contributed by atoms with Crippen molar-refractivity contribution in [2.24, 2.45) is 0 Å². The van der Waals surface area contributed by atoms with Gasteiger partial charge in [-0.2, -0.15) is 0 Å². The topological polar surface area (TPSA) is 34.0 Å². The number of halogens is 2. The van der Waals surface area contributed by atoms with Crippen molar-refractivity contribution in [1.29, 1.82) is 0 Å². The molecule has 2 aromatic rings. The Balaban J connectivity index is 1.61. The summed E-state index contributed by atoms with van der Waals surface area (Å²) in [5, 5.41) is 0.594. The Labute approximate surface area is 161 Å². The molecule has 0 atom stereocenters. The molecule has 1 saturated heterocycles. The van der Waals surface area contributed by atoms with Crippen molar-refractivity contribution in [2.75, 3.05) is 33.3 Å². The van der Waals surface area contributed by atoms with Crippen LogP contribution < -0.4 is 9.64 Å². The Morgan fingerprint density at radius 3 is 2.68 bits per heavy atom. The molecule has 1 aliphatic heterocycles. The van der Waals surface area contributed by atoms with E-state index in [2.05, 4.69) is 22.0 Å². The van der Waals surface area contributed by atoms with E-state index in [1.165, 1.54) is 10.5 Å². The first-order valence-electron chi connectivity index (χ1n) is 8.27. The fourth-order valence-electron chi connectivity index (χ4n) is 3.16. The minimum Gasteiger partial charge on any atom is -0.496 e. The zero-order chi connectivity index (χ0) is 17.8. The molecule has 0 spiro atoms. The molecular weight excluding hydrogens is 404 g/mol. The van der Waals surface area contributed by atoms with Crippen LogP contribution >= 0.6 is 27.5 Å². The number of carbonyl (C=O) groups excluding carboxylic acids is 1. The molecule has 1 fully saturated rings. The summed E-state index contributed by atoms with van der Waals surface area (Å²) < 4.78 is 6.51. The van der Waals surface area contributed by atoms with Crippen LogP contribution in [-0.2, 0) is 6.54 Å². The zero-order valence-electron chi connectivity index (χ0n) is 14.1. The second-order valence-corrected chi connectivity index (χ2v) is 7.54. The highest BCUT2D eigenvalue weighted by molar-refractivity contribution is 9.10. The number of amides is 1. The van der Waals surface area contributed by atoms with E-state index in [-0.39, 0.29) is 5.91 Å². The van der Waals surface area contributed by atoms with Crippen molar-refractivity contribution in [3.05, 3.63) is 63.1 Å². The van der Waals surface area contributed by atoms with Crippen LogP contribution in [0.4, 0.5) is 0 Å². The van der Waals surface area contributed by atoms with Gasteiger partial charge in [0.2, 0.25) is 0 Å². The number of ether oxygens (including phenoxy) is 1. The Bertz CT molecular complexity index is 761. The Kier molecular flexibility index (Phi) is 5.99. The van der Waals surface area contributed by atoms with Crippen molar-refractivity contribution < 1.29 is 14.4 Å². The SMILES string of the molecule is COc1ccc(Br)cc1C[NH+]1CCN(C(=O)c2cccc(Cl)c2)CC1. The van der Waals surface area contributed by atoms with E-state index < -0.39 is 0 Å². The molecule has 1 amide bonds. The second kappa shape index (κ2) is 8.21. The van der Waals surface area contributed by atoms with Crippen LogP contribution in [0.25, 0.3) is 0 Å². The number of benzene rings is 2. The smallest absolute Gasteiger partial charge is 0.254 e. The normalized spacial score (nSPS) is 15.2. The molecule has 6 heteroatoms. The molecule has 25 heavy (non-hydrogen) atoms. The highest BCUT2D eigenvalue weighted by Gasteiger charge is 2.25. The van der Waals surface area contributed by atoms with Crippen LogP contribution in [-0.4, -0.2) is 44.1 Å². The average Bonchev–Trinajstić information content (AvgIpc) is 2.62. The molecule has 0 radical (unpaired) electrons. The Hall–Kier alpha value is -1.56. The van der Waals surface area contributed by atoms with Gasteiger partial charge in [0, 0.05) is 20.6 Å². The van der Waals surface area contributed by atoms with E-state index in [0.29, 0.717) is 10.6 Å². The van der Waals surface area contributed by atoms with Gasteiger partial charge in [-0.1, -0.05) is 33.6 Å². The summed E-state index contributed by atoms with van der Waals surface area (Å²) in [5.41, 5.74) is 1.84. The molecule has 0 unspecified atom stereocenters. The molecule has 0 saturated carbocycles. The molecule has 0 bridgehead atoms. The Morgan fingerprint density at radius 1 is 1.24 bits per heavy atom. The van der Waals surface area contributed by atoms with Gasteiger partial charge in [0.05, 0.1) is 33.3 Å². The fraction of sp³-hybridized carbons (Fsp3) is 0.316. The number of piperazine rings is 1. The van der Waals surface area contributed by atoms with Crippen LogP contribution in [0, 0.1) is 0 Å². The molecule has 132 valence electrons. The van der Waals surface area contributed by atoms with Crippen LogP contribution in [0.1, 0.15) is 15.9 Å². The summed E-state index contributed by atoms with van der Waals surface area (Å²) in [6, 6.07) is 13.2. The monoisotopic (exact) mass is 423 g/mol. The third-order valence-corrected chi connectivity index (χ3v) is 5.24. The molecule has 3 rings (SSSR count). The van der Waals surface area contributed by atoms with Crippen LogP contribution in [0.15, 0.2) is 46.9 Å². The third-order valence-electron chi connectivity index (χ3n) is 4.51. The van der Waals surface area contributed by atoms with Crippen molar-refractivity contribution in [1.82, 2.24) is 4.90 Å². The van der Waals surface area contributed by atoms with Gasteiger partial charge in [-0.05, 0) is 36.4 Å². The number of hydrogen-bond donors (Lipinski definition) is 1.